The number of benzene rings is 2. The molecule has 156 valence electrons. The van der Waals surface area contributed by atoms with Crippen LogP contribution in [0.2, 0.25) is 0 Å². The first-order valence-corrected chi connectivity index (χ1v) is 10.0. The van der Waals surface area contributed by atoms with E-state index in [1.807, 2.05) is 36.4 Å². The van der Waals surface area contributed by atoms with E-state index in [4.69, 9.17) is 4.74 Å². The molecule has 0 aliphatic heterocycles. The molecule has 3 N–H and O–H groups in total. The van der Waals surface area contributed by atoms with Crippen molar-refractivity contribution >= 4 is 17.6 Å². The minimum Gasteiger partial charge on any atom is -0.497 e. The Kier molecular flexibility index (Phi) is 9.02. The number of hydrogen-bond acceptors (Lipinski definition) is 3. The van der Waals surface area contributed by atoms with Gasteiger partial charge in [-0.1, -0.05) is 31.2 Å². The Labute approximate surface area is 173 Å². The number of nitrogens with one attached hydrogen (secondary N) is 3. The fourth-order valence-electron chi connectivity index (χ4n) is 2.97. The minimum atomic E-state index is -0.0772. The molecule has 29 heavy (non-hydrogen) atoms. The molecule has 1 amide bonds. The normalized spacial score (nSPS) is 12.2. The molecule has 6 heteroatoms. The van der Waals surface area contributed by atoms with Gasteiger partial charge in [0.15, 0.2) is 5.96 Å². The zero-order valence-corrected chi connectivity index (χ0v) is 17.8. The smallest absolute Gasteiger partial charge is 0.221 e. The molecule has 0 aliphatic rings. The van der Waals surface area contributed by atoms with E-state index in [9.17, 15) is 4.79 Å². The van der Waals surface area contributed by atoms with Gasteiger partial charge in [-0.25, -0.2) is 4.99 Å². The van der Waals surface area contributed by atoms with Crippen LogP contribution in [0.3, 0.4) is 0 Å². The van der Waals surface area contributed by atoms with Gasteiger partial charge in [0.25, 0.3) is 0 Å². The Hall–Kier alpha value is -3.02. The summed E-state index contributed by atoms with van der Waals surface area (Å²) in [6.07, 6.45) is 0.995. The zero-order chi connectivity index (χ0) is 21.1. The third kappa shape index (κ3) is 7.86. The van der Waals surface area contributed by atoms with Crippen molar-refractivity contribution in [2.24, 2.45) is 4.99 Å². The minimum absolute atomic E-state index is 0.0772. The number of guanidine groups is 1. The van der Waals surface area contributed by atoms with E-state index < -0.39 is 0 Å². The molecule has 1 atom stereocenters. The molecule has 0 spiro atoms. The fraction of sp³-hybridized carbons (Fsp3) is 0.391. The average molecular weight is 397 g/mol. The van der Waals surface area contributed by atoms with E-state index >= 15 is 0 Å². The van der Waals surface area contributed by atoms with Crippen molar-refractivity contribution in [3.05, 3.63) is 59.7 Å². The molecule has 0 bridgehead atoms. The topological polar surface area (TPSA) is 74.8 Å². The quantitative estimate of drug-likeness (QED) is 0.444. The van der Waals surface area contributed by atoms with E-state index in [2.05, 4.69) is 46.9 Å². The Morgan fingerprint density at radius 2 is 1.90 bits per heavy atom. The van der Waals surface area contributed by atoms with Crippen LogP contribution in [0.25, 0.3) is 0 Å². The van der Waals surface area contributed by atoms with Crippen LogP contribution in [-0.2, 0) is 11.3 Å². The van der Waals surface area contributed by atoms with Crippen molar-refractivity contribution in [3.8, 4) is 5.75 Å². The summed E-state index contributed by atoms with van der Waals surface area (Å²) in [5.74, 6) is 2.03. The van der Waals surface area contributed by atoms with Crippen molar-refractivity contribution in [3.63, 3.8) is 0 Å². The molecular formula is C23H32N4O2. The predicted octanol–water partition coefficient (Wildman–Crippen LogP) is 3.90. The van der Waals surface area contributed by atoms with Gasteiger partial charge in [-0.15, -0.1) is 0 Å². The molecule has 0 saturated heterocycles. The first kappa shape index (κ1) is 22.3. The first-order valence-electron chi connectivity index (χ1n) is 10.0. The molecule has 2 aromatic rings. The molecule has 1 unspecified atom stereocenters. The summed E-state index contributed by atoms with van der Waals surface area (Å²) in [7, 11) is 1.68. The number of ether oxygens (including phenoxy) is 1. The van der Waals surface area contributed by atoms with Crippen LogP contribution in [0.15, 0.2) is 53.5 Å². The second-order valence-electron chi connectivity index (χ2n) is 6.97. The van der Waals surface area contributed by atoms with Crippen molar-refractivity contribution in [1.29, 1.82) is 0 Å². The summed E-state index contributed by atoms with van der Waals surface area (Å²) < 4.78 is 5.22. The third-order valence-electron chi connectivity index (χ3n) is 4.57. The molecule has 0 radical (unpaired) electrons. The Morgan fingerprint density at radius 3 is 2.55 bits per heavy atom. The van der Waals surface area contributed by atoms with Crippen LogP contribution in [-0.4, -0.2) is 32.1 Å². The number of anilines is 1. The van der Waals surface area contributed by atoms with Gasteiger partial charge in [-0.2, -0.15) is 0 Å². The summed E-state index contributed by atoms with van der Waals surface area (Å²) in [5.41, 5.74) is 3.13. The van der Waals surface area contributed by atoms with Crippen LogP contribution in [0.1, 0.15) is 44.2 Å². The van der Waals surface area contributed by atoms with Gasteiger partial charge in [0, 0.05) is 25.7 Å². The summed E-state index contributed by atoms with van der Waals surface area (Å²) in [5, 5.41) is 9.49. The molecule has 2 rings (SSSR count). The lowest BCUT2D eigenvalue weighted by Crippen LogP contribution is -2.38. The monoisotopic (exact) mass is 396 g/mol. The van der Waals surface area contributed by atoms with Crippen LogP contribution >= 0.6 is 0 Å². The number of methoxy groups -OCH3 is 1. The summed E-state index contributed by atoms with van der Waals surface area (Å²) >= 11 is 0. The van der Waals surface area contributed by atoms with E-state index in [1.54, 1.807) is 7.11 Å². The Bertz CT molecular complexity index is 803. The summed E-state index contributed by atoms with van der Waals surface area (Å²) in [4.78, 5) is 15.9. The number of nitrogens with zero attached hydrogens (tertiary/aromatic N) is 1. The lowest BCUT2D eigenvalue weighted by Gasteiger charge is -2.15. The second kappa shape index (κ2) is 11.7. The second-order valence-corrected chi connectivity index (χ2v) is 6.97. The summed E-state index contributed by atoms with van der Waals surface area (Å²) in [6.45, 7) is 7.94. The molecule has 0 aliphatic carbocycles. The highest BCUT2D eigenvalue weighted by Crippen LogP contribution is 2.21. The highest BCUT2D eigenvalue weighted by Gasteiger charge is 2.06. The van der Waals surface area contributed by atoms with Gasteiger partial charge < -0.3 is 20.7 Å². The van der Waals surface area contributed by atoms with Crippen molar-refractivity contribution in [1.82, 2.24) is 10.6 Å². The van der Waals surface area contributed by atoms with Gasteiger partial charge in [-0.3, -0.25) is 4.79 Å². The van der Waals surface area contributed by atoms with Gasteiger partial charge in [0.1, 0.15) is 5.75 Å². The molecule has 2 aromatic carbocycles. The fourth-order valence-corrected chi connectivity index (χ4v) is 2.97. The van der Waals surface area contributed by atoms with Gasteiger partial charge in [-0.05, 0) is 54.7 Å². The average Bonchev–Trinajstić information content (AvgIpc) is 2.71. The van der Waals surface area contributed by atoms with Crippen molar-refractivity contribution < 1.29 is 9.53 Å². The summed E-state index contributed by atoms with van der Waals surface area (Å²) in [6, 6.07) is 16.0. The third-order valence-corrected chi connectivity index (χ3v) is 4.57. The van der Waals surface area contributed by atoms with Crippen molar-refractivity contribution in [2.75, 3.05) is 25.5 Å². The highest BCUT2D eigenvalue weighted by atomic mass is 16.5. The standard InChI is InChI=1S/C23H32N4O2/c1-5-24-23(26-16-19-7-6-8-21(15-19)27-18(3)28)25-14-13-17(2)20-9-11-22(29-4)12-10-20/h6-12,15,17H,5,13-14,16H2,1-4H3,(H,27,28)(H2,24,25,26). The number of rotatable bonds is 9. The predicted molar refractivity (Wildman–Crippen MR) is 120 cm³/mol. The van der Waals surface area contributed by atoms with E-state index in [1.165, 1.54) is 12.5 Å². The molecular weight excluding hydrogens is 364 g/mol. The Balaban J connectivity index is 1.89. The molecule has 0 heterocycles. The number of carbonyl (C=O) groups excluding carboxylic acids is 1. The zero-order valence-electron chi connectivity index (χ0n) is 17.8. The van der Waals surface area contributed by atoms with Crippen LogP contribution in [0, 0.1) is 0 Å². The Morgan fingerprint density at radius 1 is 1.14 bits per heavy atom. The van der Waals surface area contributed by atoms with Crippen LogP contribution in [0.4, 0.5) is 5.69 Å². The van der Waals surface area contributed by atoms with Gasteiger partial charge >= 0.3 is 0 Å². The number of carbonyl (C=O) groups is 1. The first-order chi connectivity index (χ1) is 14.0. The molecule has 0 saturated carbocycles. The van der Waals surface area contributed by atoms with Gasteiger partial charge in [0.2, 0.25) is 5.91 Å². The van der Waals surface area contributed by atoms with Crippen molar-refractivity contribution in [2.45, 2.75) is 39.7 Å². The van der Waals surface area contributed by atoms with E-state index in [0.717, 1.165) is 42.5 Å². The number of amides is 1. The number of hydrogen-bond donors (Lipinski definition) is 3. The van der Waals surface area contributed by atoms with Gasteiger partial charge in [0.05, 0.1) is 13.7 Å². The van der Waals surface area contributed by atoms with Crippen LogP contribution < -0.4 is 20.7 Å². The number of aliphatic imine (C=N–C) groups is 1. The van der Waals surface area contributed by atoms with E-state index in [-0.39, 0.29) is 5.91 Å². The van der Waals surface area contributed by atoms with E-state index in [0.29, 0.717) is 12.5 Å². The molecule has 0 fully saturated rings. The SMILES string of the molecule is CCNC(=NCc1cccc(NC(C)=O)c1)NCCC(C)c1ccc(OC)cc1. The lowest BCUT2D eigenvalue weighted by molar-refractivity contribution is -0.114. The maximum absolute atomic E-state index is 11.2. The highest BCUT2D eigenvalue weighted by molar-refractivity contribution is 5.88. The molecule has 0 aromatic heterocycles. The maximum atomic E-state index is 11.2. The maximum Gasteiger partial charge on any atom is 0.221 e. The van der Waals surface area contributed by atoms with Crippen LogP contribution in [0.5, 0.6) is 5.75 Å². The largest absolute Gasteiger partial charge is 0.497 e. The lowest BCUT2D eigenvalue weighted by atomic mass is 9.98. The molecule has 6 nitrogen and oxygen atoms in total.